The monoisotopic (exact) mass is 389 g/mol. The molecule has 0 bridgehead atoms. The van der Waals surface area contributed by atoms with Gasteiger partial charge >= 0.3 is 0 Å². The second-order valence-electron chi connectivity index (χ2n) is 6.48. The predicted octanol–water partition coefficient (Wildman–Crippen LogP) is 4.97. The van der Waals surface area contributed by atoms with Crippen molar-refractivity contribution in [2.75, 3.05) is 19.5 Å². The number of rotatable bonds is 8. The Hall–Kier alpha value is -3.60. The Kier molecular flexibility index (Phi) is 6.63. The highest BCUT2D eigenvalue weighted by atomic mass is 16.5. The van der Waals surface area contributed by atoms with E-state index >= 15 is 0 Å². The van der Waals surface area contributed by atoms with Crippen LogP contribution in [0.15, 0.2) is 72.8 Å². The molecule has 0 aliphatic heterocycles. The average Bonchev–Trinajstić information content (AvgIpc) is 2.78. The number of amides is 1. The van der Waals surface area contributed by atoms with Crippen molar-refractivity contribution in [3.05, 3.63) is 78.4 Å². The van der Waals surface area contributed by atoms with Gasteiger partial charge in [-0.25, -0.2) is 0 Å². The van der Waals surface area contributed by atoms with Crippen molar-refractivity contribution in [1.29, 1.82) is 0 Å². The quantitative estimate of drug-likeness (QED) is 0.552. The van der Waals surface area contributed by atoms with Crippen molar-refractivity contribution in [2.24, 2.45) is 0 Å². The topological polar surface area (TPSA) is 64.6 Å². The molecule has 1 N–H and O–H groups in total. The number of hydrogen-bond acceptors (Lipinski definition) is 4. The molecule has 0 radical (unpaired) electrons. The summed E-state index contributed by atoms with van der Waals surface area (Å²) in [7, 11) is 3.05. The van der Waals surface area contributed by atoms with Crippen LogP contribution < -0.4 is 14.8 Å². The number of anilines is 1. The molecule has 5 heteroatoms. The van der Waals surface area contributed by atoms with E-state index in [0.29, 0.717) is 22.7 Å². The minimum atomic E-state index is -0.203. The highest BCUT2D eigenvalue weighted by molar-refractivity contribution is 6.00. The number of benzene rings is 3. The number of nitrogens with one attached hydrogen (secondary N) is 1. The molecule has 3 aromatic rings. The van der Waals surface area contributed by atoms with Gasteiger partial charge in [0.25, 0.3) is 0 Å². The number of Topliss-reactive ketones (excluding diaryl/α,β-unsaturated/α-hetero) is 1. The van der Waals surface area contributed by atoms with Crippen LogP contribution in [0.2, 0.25) is 0 Å². The lowest BCUT2D eigenvalue weighted by Crippen LogP contribution is -2.13. The maximum atomic E-state index is 12.4. The third kappa shape index (κ3) is 5.23. The van der Waals surface area contributed by atoms with Gasteiger partial charge in [-0.15, -0.1) is 0 Å². The molecule has 3 rings (SSSR count). The number of hydrogen-bond donors (Lipinski definition) is 1. The molecule has 0 saturated heterocycles. The zero-order valence-electron chi connectivity index (χ0n) is 16.5. The fraction of sp³-hybridized carbons (Fsp3) is 0.167. The zero-order chi connectivity index (χ0) is 20.6. The van der Waals surface area contributed by atoms with Crippen molar-refractivity contribution in [2.45, 2.75) is 12.8 Å². The van der Waals surface area contributed by atoms with Crippen LogP contribution in [0.1, 0.15) is 23.2 Å². The summed E-state index contributed by atoms with van der Waals surface area (Å²) in [6.07, 6.45) is 0.219. The first-order valence-corrected chi connectivity index (χ1v) is 9.31. The van der Waals surface area contributed by atoms with Gasteiger partial charge < -0.3 is 14.8 Å². The van der Waals surface area contributed by atoms with E-state index in [1.807, 2.05) is 54.6 Å². The minimum Gasteiger partial charge on any atom is -0.493 e. The maximum Gasteiger partial charge on any atom is 0.224 e. The Balaban J connectivity index is 1.55. The van der Waals surface area contributed by atoms with Gasteiger partial charge in [-0.2, -0.15) is 0 Å². The lowest BCUT2D eigenvalue weighted by molar-refractivity contribution is -0.116. The normalized spacial score (nSPS) is 10.3. The Bertz CT molecular complexity index is 982. The van der Waals surface area contributed by atoms with E-state index in [2.05, 4.69) is 5.32 Å². The SMILES string of the molecule is COc1ccc(C(=O)CCC(=O)Nc2ccc(-c3ccccc3)cc2)cc1OC. The summed E-state index contributed by atoms with van der Waals surface area (Å²) >= 11 is 0. The summed E-state index contributed by atoms with van der Waals surface area (Å²) in [6, 6.07) is 22.6. The molecule has 1 amide bonds. The largest absolute Gasteiger partial charge is 0.493 e. The molecule has 0 atom stereocenters. The molecule has 0 aliphatic carbocycles. The van der Waals surface area contributed by atoms with Gasteiger partial charge in [0.15, 0.2) is 17.3 Å². The highest BCUT2D eigenvalue weighted by Gasteiger charge is 2.13. The lowest BCUT2D eigenvalue weighted by Gasteiger charge is -2.09. The van der Waals surface area contributed by atoms with Crippen molar-refractivity contribution in [3.8, 4) is 22.6 Å². The van der Waals surface area contributed by atoms with Gasteiger partial charge in [0, 0.05) is 24.1 Å². The van der Waals surface area contributed by atoms with E-state index in [1.165, 1.54) is 14.2 Å². The second-order valence-corrected chi connectivity index (χ2v) is 6.48. The van der Waals surface area contributed by atoms with E-state index in [1.54, 1.807) is 18.2 Å². The van der Waals surface area contributed by atoms with Crippen LogP contribution in [0.4, 0.5) is 5.69 Å². The van der Waals surface area contributed by atoms with E-state index in [0.717, 1.165) is 11.1 Å². The average molecular weight is 389 g/mol. The number of ketones is 1. The van der Waals surface area contributed by atoms with Crippen molar-refractivity contribution < 1.29 is 19.1 Å². The smallest absolute Gasteiger partial charge is 0.224 e. The number of carbonyl (C=O) groups is 2. The number of carbonyl (C=O) groups excluding carboxylic acids is 2. The molecule has 0 saturated carbocycles. The summed E-state index contributed by atoms with van der Waals surface area (Å²) in [5.41, 5.74) is 3.38. The Morgan fingerprint density at radius 1 is 0.759 bits per heavy atom. The third-order valence-corrected chi connectivity index (χ3v) is 4.56. The number of ether oxygens (including phenoxy) is 2. The summed E-state index contributed by atoms with van der Waals surface area (Å²) in [5.74, 6) is 0.717. The summed E-state index contributed by atoms with van der Waals surface area (Å²) in [4.78, 5) is 24.6. The van der Waals surface area contributed by atoms with Crippen LogP contribution >= 0.6 is 0 Å². The molecule has 0 heterocycles. The second kappa shape index (κ2) is 9.55. The van der Waals surface area contributed by atoms with Crippen molar-refractivity contribution >= 4 is 17.4 Å². The van der Waals surface area contributed by atoms with E-state index in [9.17, 15) is 9.59 Å². The van der Waals surface area contributed by atoms with Crippen LogP contribution in [0, 0.1) is 0 Å². The van der Waals surface area contributed by atoms with E-state index in [4.69, 9.17) is 9.47 Å². The van der Waals surface area contributed by atoms with Crippen LogP contribution in [0.25, 0.3) is 11.1 Å². The summed E-state index contributed by atoms with van der Waals surface area (Å²) < 4.78 is 10.4. The molecule has 0 aromatic heterocycles. The molecule has 3 aromatic carbocycles. The Morgan fingerprint density at radius 2 is 1.41 bits per heavy atom. The van der Waals surface area contributed by atoms with Crippen molar-refractivity contribution in [1.82, 2.24) is 0 Å². The third-order valence-electron chi connectivity index (χ3n) is 4.56. The Morgan fingerprint density at radius 3 is 2.07 bits per heavy atom. The fourth-order valence-electron chi connectivity index (χ4n) is 2.98. The minimum absolute atomic E-state index is 0.105. The van der Waals surface area contributed by atoms with E-state index < -0.39 is 0 Å². The molecule has 148 valence electrons. The number of methoxy groups -OCH3 is 2. The standard InChI is InChI=1S/C24H23NO4/c1-28-22-14-10-19(16-23(22)29-2)21(26)13-15-24(27)25-20-11-8-18(9-12-20)17-6-4-3-5-7-17/h3-12,14,16H,13,15H2,1-2H3,(H,25,27). The molecule has 0 fully saturated rings. The van der Waals surface area contributed by atoms with Crippen LogP contribution in [-0.2, 0) is 4.79 Å². The van der Waals surface area contributed by atoms with Gasteiger partial charge in [0.05, 0.1) is 14.2 Å². The first-order valence-electron chi connectivity index (χ1n) is 9.31. The first-order chi connectivity index (χ1) is 14.1. The van der Waals surface area contributed by atoms with Gasteiger partial charge in [-0.1, -0.05) is 42.5 Å². The van der Waals surface area contributed by atoms with Crippen LogP contribution in [-0.4, -0.2) is 25.9 Å². The zero-order valence-corrected chi connectivity index (χ0v) is 16.5. The van der Waals surface area contributed by atoms with E-state index in [-0.39, 0.29) is 24.5 Å². The molecular formula is C24H23NO4. The first kappa shape index (κ1) is 20.1. The van der Waals surface area contributed by atoms with Crippen LogP contribution in [0.5, 0.6) is 11.5 Å². The lowest BCUT2D eigenvalue weighted by atomic mass is 10.0. The van der Waals surface area contributed by atoms with Crippen LogP contribution in [0.3, 0.4) is 0 Å². The molecule has 29 heavy (non-hydrogen) atoms. The molecule has 0 spiro atoms. The van der Waals surface area contributed by atoms with Gasteiger partial charge in [-0.05, 0) is 41.5 Å². The molecule has 0 unspecified atom stereocenters. The molecule has 5 nitrogen and oxygen atoms in total. The highest BCUT2D eigenvalue weighted by Crippen LogP contribution is 2.28. The van der Waals surface area contributed by atoms with Gasteiger partial charge in [-0.3, -0.25) is 9.59 Å². The molecular weight excluding hydrogens is 366 g/mol. The Labute approximate surface area is 170 Å². The maximum absolute atomic E-state index is 12.4. The van der Waals surface area contributed by atoms with Gasteiger partial charge in [0.2, 0.25) is 5.91 Å². The fourth-order valence-corrected chi connectivity index (χ4v) is 2.98. The molecule has 0 aliphatic rings. The van der Waals surface area contributed by atoms with Gasteiger partial charge in [0.1, 0.15) is 0 Å². The summed E-state index contributed by atoms with van der Waals surface area (Å²) in [6.45, 7) is 0. The summed E-state index contributed by atoms with van der Waals surface area (Å²) in [5, 5.41) is 2.83. The van der Waals surface area contributed by atoms with Crippen molar-refractivity contribution in [3.63, 3.8) is 0 Å². The predicted molar refractivity (Wildman–Crippen MR) is 114 cm³/mol.